The zero-order chi connectivity index (χ0) is 7.84. The minimum absolute atomic E-state index is 0. The molecule has 1 unspecified atom stereocenters. The van der Waals surface area contributed by atoms with E-state index < -0.39 is 0 Å². The van der Waals surface area contributed by atoms with Gasteiger partial charge in [-0.15, -0.1) is 0 Å². The minimum atomic E-state index is 0. The van der Waals surface area contributed by atoms with Crippen molar-refractivity contribution < 1.29 is 31.0 Å². The maximum Gasteiger partial charge on any atom is 1.00 e. The number of benzene rings is 1. The van der Waals surface area contributed by atoms with E-state index in [1.807, 2.05) is 0 Å². The van der Waals surface area contributed by atoms with Gasteiger partial charge >= 0.3 is 29.6 Å². The van der Waals surface area contributed by atoms with Crippen molar-refractivity contribution in [2.24, 2.45) is 0 Å². The summed E-state index contributed by atoms with van der Waals surface area (Å²) in [5, 5.41) is 0. The Labute approximate surface area is 100 Å². The predicted molar refractivity (Wildman–Crippen MR) is 49.8 cm³/mol. The average Bonchev–Trinajstić information content (AvgIpc) is 2.33. The second kappa shape index (κ2) is 3.92. The maximum atomic E-state index is 3.63. The van der Waals surface area contributed by atoms with E-state index in [2.05, 4.69) is 47.5 Å². The Morgan fingerprint density at radius 3 is 2.92 bits per heavy atom. The zero-order valence-corrected chi connectivity index (χ0v) is 10.5. The average molecular weight is 181 g/mol. The standard InChI is InChI=1S/C10H9Si.Na.H/c1-7-2-3-8-4-5-10(11)9(8)6-7;;/h2-6,10H,1H3;;/q;+1;-1. The van der Waals surface area contributed by atoms with E-state index in [0.29, 0.717) is 5.54 Å². The molecule has 1 atom stereocenters. The van der Waals surface area contributed by atoms with Crippen molar-refractivity contribution in [3.63, 3.8) is 0 Å². The van der Waals surface area contributed by atoms with Gasteiger partial charge < -0.3 is 1.43 Å². The fourth-order valence-corrected chi connectivity index (χ4v) is 1.77. The van der Waals surface area contributed by atoms with E-state index in [4.69, 9.17) is 0 Å². The van der Waals surface area contributed by atoms with E-state index in [9.17, 15) is 0 Å². The molecular formula is C10H10NaSi. The molecule has 2 heteroatoms. The van der Waals surface area contributed by atoms with Crippen LogP contribution < -0.4 is 29.6 Å². The molecule has 3 radical (unpaired) electrons. The first-order valence-corrected chi connectivity index (χ1v) is 4.35. The van der Waals surface area contributed by atoms with Gasteiger partial charge in [0.05, 0.1) is 0 Å². The van der Waals surface area contributed by atoms with E-state index in [0.717, 1.165) is 0 Å². The molecule has 0 bridgehead atoms. The predicted octanol–water partition coefficient (Wildman–Crippen LogP) is -0.652. The van der Waals surface area contributed by atoms with Crippen LogP contribution in [0.5, 0.6) is 0 Å². The molecule has 12 heavy (non-hydrogen) atoms. The van der Waals surface area contributed by atoms with Crippen molar-refractivity contribution in [1.82, 2.24) is 0 Å². The van der Waals surface area contributed by atoms with Crippen LogP contribution in [-0.4, -0.2) is 10.2 Å². The largest absolute Gasteiger partial charge is 1.00 e. The van der Waals surface area contributed by atoms with Gasteiger partial charge in [0.25, 0.3) is 0 Å². The Bertz CT molecular complexity index is 323. The quantitative estimate of drug-likeness (QED) is 0.467. The molecule has 0 saturated carbocycles. The van der Waals surface area contributed by atoms with Gasteiger partial charge in [-0.2, -0.15) is 0 Å². The van der Waals surface area contributed by atoms with E-state index in [-0.39, 0.29) is 31.0 Å². The van der Waals surface area contributed by atoms with Gasteiger partial charge in [-0.05, 0) is 23.6 Å². The van der Waals surface area contributed by atoms with Gasteiger partial charge in [-0.3, -0.25) is 0 Å². The van der Waals surface area contributed by atoms with E-state index in [1.54, 1.807) is 0 Å². The van der Waals surface area contributed by atoms with Crippen LogP contribution in [0.3, 0.4) is 0 Å². The van der Waals surface area contributed by atoms with E-state index in [1.165, 1.54) is 16.7 Å². The van der Waals surface area contributed by atoms with Crippen LogP contribution in [-0.2, 0) is 0 Å². The second-order valence-electron chi connectivity index (χ2n) is 2.97. The molecule has 0 fully saturated rings. The molecule has 0 amide bonds. The second-order valence-corrected chi connectivity index (χ2v) is 3.59. The molecule has 1 aromatic carbocycles. The summed E-state index contributed by atoms with van der Waals surface area (Å²) in [7, 11) is 3.63. The summed E-state index contributed by atoms with van der Waals surface area (Å²) in [5.41, 5.74) is 4.48. The number of hydrogen-bond acceptors (Lipinski definition) is 0. The minimum Gasteiger partial charge on any atom is -1.00 e. The van der Waals surface area contributed by atoms with Crippen molar-refractivity contribution in [3.8, 4) is 0 Å². The molecule has 0 saturated heterocycles. The van der Waals surface area contributed by atoms with Crippen LogP contribution in [0.4, 0.5) is 0 Å². The number of hydrogen-bond donors (Lipinski definition) is 0. The van der Waals surface area contributed by atoms with Gasteiger partial charge in [0.2, 0.25) is 0 Å². The van der Waals surface area contributed by atoms with Crippen molar-refractivity contribution in [1.29, 1.82) is 0 Å². The van der Waals surface area contributed by atoms with Crippen LogP contribution in [0.2, 0.25) is 0 Å². The third-order valence-corrected chi connectivity index (χ3v) is 2.55. The van der Waals surface area contributed by atoms with Crippen LogP contribution in [0.25, 0.3) is 6.08 Å². The molecule has 1 aliphatic rings. The summed E-state index contributed by atoms with van der Waals surface area (Å²) in [6.45, 7) is 2.12. The fraction of sp³-hybridized carbons (Fsp3) is 0.200. The first-order valence-electron chi connectivity index (χ1n) is 3.77. The number of rotatable bonds is 0. The van der Waals surface area contributed by atoms with Gasteiger partial charge in [-0.1, -0.05) is 35.9 Å². The molecule has 1 aromatic rings. The van der Waals surface area contributed by atoms with Crippen LogP contribution in [0, 0.1) is 6.92 Å². The Kier molecular flexibility index (Phi) is 3.35. The van der Waals surface area contributed by atoms with Gasteiger partial charge in [-0.25, -0.2) is 0 Å². The van der Waals surface area contributed by atoms with Crippen molar-refractivity contribution >= 4 is 16.3 Å². The van der Waals surface area contributed by atoms with Gasteiger partial charge in [0, 0.05) is 10.2 Å². The molecule has 55 valence electrons. The van der Waals surface area contributed by atoms with Crippen molar-refractivity contribution in [2.45, 2.75) is 12.5 Å². The summed E-state index contributed by atoms with van der Waals surface area (Å²) in [5.74, 6) is 0. The summed E-state index contributed by atoms with van der Waals surface area (Å²) in [4.78, 5) is 0. The SMILES string of the molecule is Cc1ccc2c(c1)C([Si])C=C2.[H-].[Na+]. The first kappa shape index (κ1) is 10.3. The molecule has 0 aromatic heterocycles. The van der Waals surface area contributed by atoms with Crippen molar-refractivity contribution in [2.75, 3.05) is 0 Å². The van der Waals surface area contributed by atoms with Crippen LogP contribution in [0.1, 0.15) is 23.7 Å². The normalized spacial score (nSPS) is 18.7. The van der Waals surface area contributed by atoms with Crippen LogP contribution >= 0.6 is 0 Å². The molecule has 0 nitrogen and oxygen atoms in total. The summed E-state index contributed by atoms with van der Waals surface area (Å²) in [6.07, 6.45) is 4.33. The fourth-order valence-electron chi connectivity index (χ4n) is 1.42. The monoisotopic (exact) mass is 181 g/mol. The van der Waals surface area contributed by atoms with E-state index >= 15 is 0 Å². The maximum absolute atomic E-state index is 3.63. The van der Waals surface area contributed by atoms with Crippen LogP contribution in [0.15, 0.2) is 24.3 Å². The zero-order valence-electron chi connectivity index (χ0n) is 8.46. The molecule has 0 spiro atoms. The first-order chi connectivity index (χ1) is 5.27. The molecule has 0 N–H and O–H groups in total. The Morgan fingerprint density at radius 1 is 1.42 bits per heavy atom. The van der Waals surface area contributed by atoms with Gasteiger partial charge in [0.1, 0.15) is 0 Å². The molecule has 0 heterocycles. The third-order valence-electron chi connectivity index (χ3n) is 2.05. The topological polar surface area (TPSA) is 0 Å². The molecule has 2 rings (SSSR count). The third kappa shape index (κ3) is 1.74. The smallest absolute Gasteiger partial charge is 1.00 e. The van der Waals surface area contributed by atoms with Crippen molar-refractivity contribution in [3.05, 3.63) is 41.0 Å². The number of fused-ring (bicyclic) bond motifs is 1. The molecule has 1 aliphatic carbocycles. The summed E-state index contributed by atoms with van der Waals surface area (Å²) >= 11 is 0. The Hall–Kier alpha value is 0.177. The Morgan fingerprint density at radius 2 is 2.17 bits per heavy atom. The number of allylic oxidation sites excluding steroid dienone is 1. The molecule has 0 aliphatic heterocycles. The summed E-state index contributed by atoms with van der Waals surface area (Å²) in [6, 6.07) is 6.54. The number of aryl methyl sites for hydroxylation is 1. The molecular weight excluding hydrogens is 171 g/mol. The van der Waals surface area contributed by atoms with Gasteiger partial charge in [0.15, 0.2) is 0 Å². The summed E-state index contributed by atoms with van der Waals surface area (Å²) < 4.78 is 0. The Balaban J connectivity index is 0.000000720.